The molecule has 0 radical (unpaired) electrons. The van der Waals surface area contributed by atoms with Gasteiger partial charge in [0.2, 0.25) is 5.88 Å². The zero-order valence-corrected chi connectivity index (χ0v) is 15.3. The Labute approximate surface area is 160 Å². The summed E-state index contributed by atoms with van der Waals surface area (Å²) in [6.07, 6.45) is -0.174. The van der Waals surface area contributed by atoms with Gasteiger partial charge < -0.3 is 14.6 Å². The molecule has 0 spiro atoms. The fourth-order valence-corrected chi connectivity index (χ4v) is 2.66. The lowest BCUT2D eigenvalue weighted by molar-refractivity contribution is 0.148. The maximum absolute atomic E-state index is 10.6. The van der Waals surface area contributed by atoms with E-state index in [1.54, 1.807) is 49.2 Å². The number of carbonyl (C=O) groups is 1. The minimum atomic E-state index is -1.15. The van der Waals surface area contributed by atoms with Crippen molar-refractivity contribution in [1.29, 1.82) is 0 Å². The van der Waals surface area contributed by atoms with Gasteiger partial charge in [-0.15, -0.1) is 0 Å². The van der Waals surface area contributed by atoms with Gasteiger partial charge in [0.15, 0.2) is 11.4 Å². The monoisotopic (exact) mass is 388 g/mol. The van der Waals surface area contributed by atoms with Crippen molar-refractivity contribution in [3.63, 3.8) is 0 Å². The summed E-state index contributed by atoms with van der Waals surface area (Å²) >= 11 is 6.11. The molecule has 8 nitrogen and oxygen atoms in total. The van der Waals surface area contributed by atoms with Crippen LogP contribution in [0.25, 0.3) is 16.9 Å². The van der Waals surface area contributed by atoms with Crippen LogP contribution >= 0.6 is 11.6 Å². The Bertz CT molecular complexity index is 926. The summed E-state index contributed by atoms with van der Waals surface area (Å²) in [4.78, 5) is 14.8. The third kappa shape index (κ3) is 4.48. The predicted molar refractivity (Wildman–Crippen MR) is 99.6 cm³/mol. The van der Waals surface area contributed by atoms with E-state index in [2.05, 4.69) is 15.4 Å². The zero-order chi connectivity index (χ0) is 19.4. The second kappa shape index (κ2) is 7.96. The van der Waals surface area contributed by atoms with E-state index in [9.17, 15) is 4.79 Å². The molecule has 2 aromatic heterocycles. The second-order valence-corrected chi connectivity index (χ2v) is 5.94. The van der Waals surface area contributed by atoms with E-state index in [-0.39, 0.29) is 0 Å². The number of rotatable bonds is 6. The van der Waals surface area contributed by atoms with E-state index in [4.69, 9.17) is 26.2 Å². The highest BCUT2D eigenvalue weighted by Crippen LogP contribution is 2.28. The SMILES string of the molecule is COc1ccc(-n2nc(Cl)cc2-c2ccc(OC(C)NC(=O)O)cc2)cn1. The summed E-state index contributed by atoms with van der Waals surface area (Å²) in [5.41, 5.74) is 2.36. The van der Waals surface area contributed by atoms with Crippen molar-refractivity contribution in [2.45, 2.75) is 13.2 Å². The molecule has 27 heavy (non-hydrogen) atoms. The molecule has 0 bridgehead atoms. The van der Waals surface area contributed by atoms with Crippen molar-refractivity contribution in [3.05, 3.63) is 53.8 Å². The Morgan fingerprint density at radius 1 is 1.26 bits per heavy atom. The van der Waals surface area contributed by atoms with Gasteiger partial charge in [0.25, 0.3) is 0 Å². The van der Waals surface area contributed by atoms with Crippen LogP contribution < -0.4 is 14.8 Å². The molecule has 9 heteroatoms. The lowest BCUT2D eigenvalue weighted by atomic mass is 10.1. The van der Waals surface area contributed by atoms with Crippen LogP contribution in [-0.2, 0) is 0 Å². The number of methoxy groups -OCH3 is 1. The summed E-state index contributed by atoms with van der Waals surface area (Å²) in [6, 6.07) is 12.5. The lowest BCUT2D eigenvalue weighted by Gasteiger charge is -2.14. The summed E-state index contributed by atoms with van der Waals surface area (Å²) in [6.45, 7) is 1.60. The first-order chi connectivity index (χ1) is 13.0. The van der Waals surface area contributed by atoms with Crippen LogP contribution in [0.5, 0.6) is 11.6 Å². The molecule has 2 N–H and O–H groups in total. The van der Waals surface area contributed by atoms with Crippen LogP contribution in [0.4, 0.5) is 4.79 Å². The first kappa shape index (κ1) is 18.5. The number of aromatic nitrogens is 3. The predicted octanol–water partition coefficient (Wildman–Crippen LogP) is 3.59. The Morgan fingerprint density at radius 2 is 2.00 bits per heavy atom. The molecule has 0 aliphatic carbocycles. The summed E-state index contributed by atoms with van der Waals surface area (Å²) in [5.74, 6) is 1.03. The van der Waals surface area contributed by atoms with E-state index >= 15 is 0 Å². The van der Waals surface area contributed by atoms with Crippen molar-refractivity contribution in [2.75, 3.05) is 7.11 Å². The minimum Gasteiger partial charge on any atom is -0.481 e. The van der Waals surface area contributed by atoms with Crippen LogP contribution in [0, 0.1) is 0 Å². The van der Waals surface area contributed by atoms with Crippen molar-refractivity contribution < 1.29 is 19.4 Å². The maximum Gasteiger partial charge on any atom is 0.407 e. The fraction of sp³-hybridized carbons (Fsp3) is 0.167. The second-order valence-electron chi connectivity index (χ2n) is 5.56. The van der Waals surface area contributed by atoms with Crippen LogP contribution in [0.1, 0.15) is 6.92 Å². The van der Waals surface area contributed by atoms with E-state index in [0.717, 1.165) is 16.9 Å². The number of halogens is 1. The topological polar surface area (TPSA) is 98.5 Å². The Balaban J connectivity index is 1.85. The molecule has 0 saturated carbocycles. The summed E-state index contributed by atoms with van der Waals surface area (Å²) in [7, 11) is 1.55. The molecule has 140 valence electrons. The molecule has 3 rings (SSSR count). The molecule has 0 fully saturated rings. The molecule has 1 atom stereocenters. The first-order valence-electron chi connectivity index (χ1n) is 7.99. The number of amides is 1. The van der Waals surface area contributed by atoms with Gasteiger partial charge in [-0.1, -0.05) is 11.6 Å². The highest BCUT2D eigenvalue weighted by molar-refractivity contribution is 6.29. The van der Waals surface area contributed by atoms with E-state index in [1.807, 2.05) is 18.2 Å². The Kier molecular flexibility index (Phi) is 5.46. The number of ether oxygens (including phenoxy) is 2. The summed E-state index contributed by atoms with van der Waals surface area (Å²) < 4.78 is 12.2. The van der Waals surface area contributed by atoms with Crippen molar-refractivity contribution in [1.82, 2.24) is 20.1 Å². The highest BCUT2D eigenvalue weighted by atomic mass is 35.5. The zero-order valence-electron chi connectivity index (χ0n) is 14.6. The van der Waals surface area contributed by atoms with Gasteiger partial charge in [0, 0.05) is 17.7 Å². The number of hydrogen-bond donors (Lipinski definition) is 2. The fourth-order valence-electron chi connectivity index (χ4n) is 2.48. The van der Waals surface area contributed by atoms with Crippen LogP contribution in [0.15, 0.2) is 48.7 Å². The van der Waals surface area contributed by atoms with Crippen LogP contribution in [0.3, 0.4) is 0 Å². The van der Waals surface area contributed by atoms with Gasteiger partial charge in [-0.3, -0.25) is 5.32 Å². The molecular formula is C18H17ClN4O4. The first-order valence-corrected chi connectivity index (χ1v) is 8.36. The van der Waals surface area contributed by atoms with Gasteiger partial charge >= 0.3 is 6.09 Å². The molecule has 1 unspecified atom stereocenters. The number of pyridine rings is 1. The minimum absolute atomic E-state index is 0.348. The molecular weight excluding hydrogens is 372 g/mol. The molecule has 1 aromatic carbocycles. The largest absolute Gasteiger partial charge is 0.481 e. The smallest absolute Gasteiger partial charge is 0.407 e. The average Bonchev–Trinajstić information content (AvgIpc) is 3.03. The van der Waals surface area contributed by atoms with E-state index < -0.39 is 12.3 Å². The maximum atomic E-state index is 10.6. The van der Waals surface area contributed by atoms with Gasteiger partial charge in [-0.2, -0.15) is 5.10 Å². The van der Waals surface area contributed by atoms with Gasteiger partial charge in [-0.25, -0.2) is 14.5 Å². The average molecular weight is 389 g/mol. The summed E-state index contributed by atoms with van der Waals surface area (Å²) in [5, 5.41) is 15.6. The molecule has 2 heterocycles. The normalized spacial score (nSPS) is 11.7. The highest BCUT2D eigenvalue weighted by Gasteiger charge is 2.12. The molecule has 0 aliphatic rings. The van der Waals surface area contributed by atoms with E-state index in [0.29, 0.717) is 16.8 Å². The number of benzene rings is 1. The number of nitrogens with zero attached hydrogens (tertiary/aromatic N) is 3. The molecule has 0 saturated heterocycles. The van der Waals surface area contributed by atoms with Gasteiger partial charge in [-0.05, 0) is 37.3 Å². The third-order valence-electron chi connectivity index (χ3n) is 3.64. The number of hydrogen-bond acceptors (Lipinski definition) is 5. The van der Waals surface area contributed by atoms with E-state index in [1.165, 1.54) is 0 Å². The van der Waals surface area contributed by atoms with Crippen molar-refractivity contribution in [3.8, 4) is 28.6 Å². The molecule has 0 aliphatic heterocycles. The molecule has 3 aromatic rings. The Morgan fingerprint density at radius 3 is 2.59 bits per heavy atom. The van der Waals surface area contributed by atoms with Crippen molar-refractivity contribution in [2.24, 2.45) is 0 Å². The van der Waals surface area contributed by atoms with Crippen LogP contribution in [0.2, 0.25) is 5.15 Å². The number of carboxylic acid groups (broad SMARTS) is 1. The number of nitrogens with one attached hydrogen (secondary N) is 1. The standard InChI is InChI=1S/C18H17ClN4O4/c1-11(21-18(24)25)27-14-6-3-12(4-7-14)15-9-16(19)22-23(15)13-5-8-17(26-2)20-10-13/h3-11,21H,1-2H3,(H,24,25). The van der Waals surface area contributed by atoms with Crippen molar-refractivity contribution >= 4 is 17.7 Å². The Hall–Kier alpha value is -3.26. The molecule has 1 amide bonds. The van der Waals surface area contributed by atoms with Gasteiger partial charge in [0.1, 0.15) is 5.75 Å². The van der Waals surface area contributed by atoms with Crippen LogP contribution in [-0.4, -0.2) is 39.3 Å². The van der Waals surface area contributed by atoms with Gasteiger partial charge in [0.05, 0.1) is 24.7 Å². The third-order valence-corrected chi connectivity index (χ3v) is 3.83. The lowest BCUT2D eigenvalue weighted by Crippen LogP contribution is -2.35. The quantitative estimate of drug-likeness (QED) is 0.626.